The standard InChI is InChI=1S/C18H32N2O/c1-5-12-21-17-10-8-16(9-11-17)18(19)14-20(7-3)13-15(4)6-2/h8-11,15,18H,5-7,12-14,19H2,1-4H3. The quantitative estimate of drug-likeness (QED) is 0.712. The molecule has 0 heterocycles. The van der Waals surface area contributed by atoms with Crippen molar-refractivity contribution in [2.75, 3.05) is 26.2 Å². The van der Waals surface area contributed by atoms with E-state index in [2.05, 4.69) is 44.7 Å². The Morgan fingerprint density at radius 2 is 1.76 bits per heavy atom. The maximum Gasteiger partial charge on any atom is 0.119 e. The molecule has 1 rings (SSSR count). The van der Waals surface area contributed by atoms with Gasteiger partial charge in [0.2, 0.25) is 0 Å². The third kappa shape index (κ3) is 6.49. The van der Waals surface area contributed by atoms with Gasteiger partial charge >= 0.3 is 0 Å². The van der Waals surface area contributed by atoms with Crippen LogP contribution in [-0.4, -0.2) is 31.1 Å². The third-order valence-corrected chi connectivity index (χ3v) is 3.95. The summed E-state index contributed by atoms with van der Waals surface area (Å²) < 4.78 is 5.61. The lowest BCUT2D eigenvalue weighted by Crippen LogP contribution is -2.35. The molecular weight excluding hydrogens is 260 g/mol. The summed E-state index contributed by atoms with van der Waals surface area (Å²) in [4.78, 5) is 2.44. The van der Waals surface area contributed by atoms with Crippen molar-refractivity contribution in [1.82, 2.24) is 4.90 Å². The SMILES string of the molecule is CCCOc1ccc(C(N)CN(CC)CC(C)CC)cc1. The average Bonchev–Trinajstić information content (AvgIpc) is 2.52. The molecule has 120 valence electrons. The molecule has 1 aromatic carbocycles. The Bertz CT molecular complexity index is 377. The van der Waals surface area contributed by atoms with Crippen molar-refractivity contribution in [3.05, 3.63) is 29.8 Å². The van der Waals surface area contributed by atoms with E-state index in [-0.39, 0.29) is 6.04 Å². The molecular formula is C18H32N2O. The summed E-state index contributed by atoms with van der Waals surface area (Å²) in [5.41, 5.74) is 7.54. The Hall–Kier alpha value is -1.06. The van der Waals surface area contributed by atoms with Gasteiger partial charge in [0.25, 0.3) is 0 Å². The molecule has 0 radical (unpaired) electrons. The molecule has 0 aliphatic heterocycles. The van der Waals surface area contributed by atoms with Gasteiger partial charge in [-0.15, -0.1) is 0 Å². The number of ether oxygens (including phenoxy) is 1. The Labute approximate surface area is 130 Å². The molecule has 2 unspecified atom stereocenters. The maximum atomic E-state index is 6.36. The summed E-state index contributed by atoms with van der Waals surface area (Å²) in [5.74, 6) is 1.65. The smallest absolute Gasteiger partial charge is 0.119 e. The Kier molecular flexibility index (Phi) is 8.40. The summed E-state index contributed by atoms with van der Waals surface area (Å²) in [5, 5.41) is 0. The molecule has 3 nitrogen and oxygen atoms in total. The van der Waals surface area contributed by atoms with Gasteiger partial charge < -0.3 is 15.4 Å². The highest BCUT2D eigenvalue weighted by molar-refractivity contribution is 5.29. The fraction of sp³-hybridized carbons (Fsp3) is 0.667. The monoisotopic (exact) mass is 292 g/mol. The minimum absolute atomic E-state index is 0.0641. The van der Waals surface area contributed by atoms with Crippen LogP contribution < -0.4 is 10.5 Å². The van der Waals surface area contributed by atoms with E-state index in [4.69, 9.17) is 10.5 Å². The molecule has 2 atom stereocenters. The zero-order valence-electron chi connectivity index (χ0n) is 14.1. The molecule has 0 aromatic heterocycles. The van der Waals surface area contributed by atoms with Gasteiger partial charge in [0.15, 0.2) is 0 Å². The maximum absolute atomic E-state index is 6.36. The number of hydrogen-bond donors (Lipinski definition) is 1. The van der Waals surface area contributed by atoms with Crippen LogP contribution in [0.15, 0.2) is 24.3 Å². The Morgan fingerprint density at radius 1 is 1.10 bits per heavy atom. The highest BCUT2D eigenvalue weighted by Gasteiger charge is 2.13. The van der Waals surface area contributed by atoms with Crippen LogP contribution in [0.5, 0.6) is 5.75 Å². The van der Waals surface area contributed by atoms with Crippen LogP contribution in [0.3, 0.4) is 0 Å². The van der Waals surface area contributed by atoms with E-state index in [9.17, 15) is 0 Å². The lowest BCUT2D eigenvalue weighted by atomic mass is 10.1. The second kappa shape index (κ2) is 9.80. The molecule has 0 spiro atoms. The van der Waals surface area contributed by atoms with Crippen LogP contribution in [0.4, 0.5) is 0 Å². The predicted octanol–water partition coefficient (Wildman–Crippen LogP) is 3.84. The van der Waals surface area contributed by atoms with Gasteiger partial charge in [0.05, 0.1) is 6.61 Å². The highest BCUT2D eigenvalue weighted by atomic mass is 16.5. The Morgan fingerprint density at radius 3 is 2.29 bits per heavy atom. The number of nitrogens with two attached hydrogens (primary N) is 1. The molecule has 0 saturated heterocycles. The van der Waals surface area contributed by atoms with E-state index in [1.54, 1.807) is 0 Å². The van der Waals surface area contributed by atoms with Crippen LogP contribution in [-0.2, 0) is 0 Å². The second-order valence-corrected chi connectivity index (χ2v) is 5.89. The van der Waals surface area contributed by atoms with Crippen molar-refractivity contribution >= 4 is 0 Å². The predicted molar refractivity (Wildman–Crippen MR) is 90.7 cm³/mol. The van der Waals surface area contributed by atoms with E-state index in [1.807, 2.05) is 12.1 Å². The molecule has 0 aliphatic rings. The van der Waals surface area contributed by atoms with Gasteiger partial charge in [-0.05, 0) is 36.6 Å². The van der Waals surface area contributed by atoms with Crippen molar-refractivity contribution in [1.29, 1.82) is 0 Å². The van der Waals surface area contributed by atoms with Crippen LogP contribution in [0, 0.1) is 5.92 Å². The highest BCUT2D eigenvalue weighted by Crippen LogP contribution is 2.18. The van der Waals surface area contributed by atoms with Gasteiger partial charge in [-0.2, -0.15) is 0 Å². The zero-order chi connectivity index (χ0) is 15.7. The summed E-state index contributed by atoms with van der Waals surface area (Å²) in [6.07, 6.45) is 2.25. The third-order valence-electron chi connectivity index (χ3n) is 3.95. The molecule has 0 amide bonds. The molecule has 0 saturated carbocycles. The first-order chi connectivity index (χ1) is 10.1. The van der Waals surface area contributed by atoms with Gasteiger partial charge in [0, 0.05) is 19.1 Å². The largest absolute Gasteiger partial charge is 0.494 e. The van der Waals surface area contributed by atoms with Gasteiger partial charge in [-0.25, -0.2) is 0 Å². The first-order valence-corrected chi connectivity index (χ1v) is 8.31. The fourth-order valence-corrected chi connectivity index (χ4v) is 2.32. The summed E-state index contributed by atoms with van der Waals surface area (Å²) in [6.45, 7) is 12.7. The van der Waals surface area contributed by atoms with Gasteiger partial charge in [-0.1, -0.05) is 46.2 Å². The van der Waals surface area contributed by atoms with Crippen molar-refractivity contribution in [2.45, 2.75) is 46.6 Å². The van der Waals surface area contributed by atoms with Crippen LogP contribution in [0.1, 0.15) is 52.1 Å². The number of likely N-dealkylation sites (N-methyl/N-ethyl adjacent to an activating group) is 1. The van der Waals surface area contributed by atoms with Crippen molar-refractivity contribution < 1.29 is 4.74 Å². The van der Waals surface area contributed by atoms with Crippen LogP contribution in [0.25, 0.3) is 0 Å². The molecule has 21 heavy (non-hydrogen) atoms. The fourth-order valence-electron chi connectivity index (χ4n) is 2.32. The first kappa shape index (κ1) is 18.0. The van der Waals surface area contributed by atoms with E-state index >= 15 is 0 Å². The van der Waals surface area contributed by atoms with Crippen molar-refractivity contribution in [3.63, 3.8) is 0 Å². The number of nitrogens with zero attached hydrogens (tertiary/aromatic N) is 1. The molecule has 1 aromatic rings. The zero-order valence-corrected chi connectivity index (χ0v) is 14.1. The first-order valence-electron chi connectivity index (χ1n) is 8.31. The minimum Gasteiger partial charge on any atom is -0.494 e. The molecule has 2 N–H and O–H groups in total. The minimum atomic E-state index is 0.0641. The average molecular weight is 292 g/mol. The lowest BCUT2D eigenvalue weighted by Gasteiger charge is -2.27. The van der Waals surface area contributed by atoms with E-state index in [0.717, 1.165) is 44.3 Å². The number of benzene rings is 1. The number of hydrogen-bond acceptors (Lipinski definition) is 3. The summed E-state index contributed by atoms with van der Waals surface area (Å²) in [7, 11) is 0. The van der Waals surface area contributed by atoms with Gasteiger partial charge in [-0.3, -0.25) is 0 Å². The lowest BCUT2D eigenvalue weighted by molar-refractivity contribution is 0.232. The second-order valence-electron chi connectivity index (χ2n) is 5.89. The van der Waals surface area contributed by atoms with Crippen LogP contribution in [0.2, 0.25) is 0 Å². The van der Waals surface area contributed by atoms with E-state index in [0.29, 0.717) is 0 Å². The van der Waals surface area contributed by atoms with Crippen molar-refractivity contribution in [3.8, 4) is 5.75 Å². The number of rotatable bonds is 10. The molecule has 0 aliphatic carbocycles. The molecule has 3 heteroatoms. The molecule has 0 bridgehead atoms. The van der Waals surface area contributed by atoms with E-state index < -0.39 is 0 Å². The van der Waals surface area contributed by atoms with Crippen LogP contribution >= 0.6 is 0 Å². The normalized spacial score (nSPS) is 14.2. The summed E-state index contributed by atoms with van der Waals surface area (Å²) >= 11 is 0. The summed E-state index contributed by atoms with van der Waals surface area (Å²) in [6, 6.07) is 8.29. The Balaban J connectivity index is 2.55. The molecule has 0 fully saturated rings. The topological polar surface area (TPSA) is 38.5 Å². The van der Waals surface area contributed by atoms with Crippen molar-refractivity contribution in [2.24, 2.45) is 11.7 Å². The van der Waals surface area contributed by atoms with Gasteiger partial charge in [0.1, 0.15) is 5.75 Å². The van der Waals surface area contributed by atoms with E-state index in [1.165, 1.54) is 12.0 Å².